The molecule has 0 saturated carbocycles. The summed E-state index contributed by atoms with van der Waals surface area (Å²) < 4.78 is 39.7. The third-order valence-electron chi connectivity index (χ3n) is 4.07. The number of amides is 1. The molecule has 1 aromatic carbocycles. The van der Waals surface area contributed by atoms with Crippen LogP contribution in [0.3, 0.4) is 0 Å². The van der Waals surface area contributed by atoms with Gasteiger partial charge in [-0.1, -0.05) is 6.07 Å². The Morgan fingerprint density at radius 1 is 1.24 bits per heavy atom. The summed E-state index contributed by atoms with van der Waals surface area (Å²) >= 11 is 0. The molecule has 9 heteroatoms. The summed E-state index contributed by atoms with van der Waals surface area (Å²) in [6.07, 6.45) is -2.63. The van der Waals surface area contributed by atoms with E-state index in [4.69, 9.17) is 0 Å². The van der Waals surface area contributed by atoms with Gasteiger partial charge in [-0.2, -0.15) is 18.3 Å². The number of carboxylic acids is 1. The number of hydrogen-bond acceptors (Lipinski definition) is 3. The first-order valence-corrected chi connectivity index (χ1v) is 7.54. The fourth-order valence-corrected chi connectivity index (χ4v) is 2.93. The van der Waals surface area contributed by atoms with Crippen molar-refractivity contribution in [2.75, 3.05) is 6.54 Å². The number of hydrogen-bond donors (Lipinski definition) is 1. The van der Waals surface area contributed by atoms with Crippen LogP contribution < -0.4 is 0 Å². The minimum atomic E-state index is -4.58. The molecule has 0 unspecified atom stereocenters. The van der Waals surface area contributed by atoms with Crippen LogP contribution in [-0.4, -0.2) is 44.3 Å². The van der Waals surface area contributed by atoms with Gasteiger partial charge < -0.3 is 10.0 Å². The van der Waals surface area contributed by atoms with Crippen molar-refractivity contribution in [1.82, 2.24) is 14.7 Å². The maximum absolute atomic E-state index is 13.0. The molecule has 3 rings (SSSR count). The lowest BCUT2D eigenvalue weighted by Crippen LogP contribution is -2.40. The van der Waals surface area contributed by atoms with E-state index in [1.807, 2.05) is 0 Å². The number of likely N-dealkylation sites (tertiary alicyclic amines) is 1. The zero-order valence-corrected chi connectivity index (χ0v) is 12.9. The fourth-order valence-electron chi connectivity index (χ4n) is 2.93. The van der Waals surface area contributed by atoms with Crippen LogP contribution in [0.4, 0.5) is 13.2 Å². The summed E-state index contributed by atoms with van der Waals surface area (Å²) in [6.45, 7) is 0.301. The molecule has 1 aliphatic rings. The van der Waals surface area contributed by atoms with Crippen LogP contribution in [0.25, 0.3) is 5.69 Å². The first kappa shape index (κ1) is 17.0. The molecule has 2 heterocycles. The normalized spacial score (nSPS) is 17.7. The lowest BCUT2D eigenvalue weighted by atomic mass is 10.1. The molecule has 1 saturated heterocycles. The Balaban J connectivity index is 1.94. The van der Waals surface area contributed by atoms with E-state index in [0.717, 1.165) is 12.3 Å². The smallest absolute Gasteiger partial charge is 0.433 e. The Hall–Kier alpha value is -2.84. The van der Waals surface area contributed by atoms with Crippen LogP contribution in [0.15, 0.2) is 36.5 Å². The van der Waals surface area contributed by atoms with Crippen molar-refractivity contribution in [2.24, 2.45) is 0 Å². The maximum Gasteiger partial charge on any atom is 0.433 e. The molecule has 1 amide bonds. The monoisotopic (exact) mass is 353 g/mol. The van der Waals surface area contributed by atoms with Crippen molar-refractivity contribution >= 4 is 11.9 Å². The van der Waals surface area contributed by atoms with E-state index in [2.05, 4.69) is 5.10 Å². The van der Waals surface area contributed by atoms with Crippen LogP contribution in [0.2, 0.25) is 0 Å². The number of aliphatic carboxylic acids is 1. The van der Waals surface area contributed by atoms with Gasteiger partial charge in [0.25, 0.3) is 5.91 Å². The van der Waals surface area contributed by atoms with Crippen molar-refractivity contribution in [3.63, 3.8) is 0 Å². The second-order valence-corrected chi connectivity index (χ2v) is 5.67. The number of aromatic nitrogens is 2. The van der Waals surface area contributed by atoms with Gasteiger partial charge in [0.1, 0.15) is 11.7 Å². The molecule has 0 bridgehead atoms. The summed E-state index contributed by atoms with van der Waals surface area (Å²) in [6, 6.07) is 5.50. The van der Waals surface area contributed by atoms with Crippen LogP contribution in [0.5, 0.6) is 0 Å². The molecule has 0 spiro atoms. The fraction of sp³-hybridized carbons (Fsp3) is 0.312. The minimum absolute atomic E-state index is 0.0780. The summed E-state index contributed by atoms with van der Waals surface area (Å²) in [4.78, 5) is 25.0. The highest BCUT2D eigenvalue weighted by atomic mass is 19.4. The Morgan fingerprint density at radius 3 is 2.68 bits per heavy atom. The SMILES string of the molecule is O=C(O)[C@H]1CCCN1C(=O)c1cccc(-n2nccc2C(F)(F)F)c1. The van der Waals surface area contributed by atoms with Gasteiger partial charge >= 0.3 is 12.1 Å². The lowest BCUT2D eigenvalue weighted by Gasteiger charge is -2.21. The summed E-state index contributed by atoms with van der Waals surface area (Å²) in [5.41, 5.74) is -0.759. The largest absolute Gasteiger partial charge is 0.480 e. The van der Waals surface area contributed by atoms with Crippen molar-refractivity contribution in [3.8, 4) is 5.69 Å². The number of carboxylic acid groups (broad SMARTS) is 1. The van der Waals surface area contributed by atoms with Gasteiger partial charge in [0.05, 0.1) is 11.9 Å². The third-order valence-corrected chi connectivity index (χ3v) is 4.07. The van der Waals surface area contributed by atoms with Crippen LogP contribution in [0, 0.1) is 0 Å². The van der Waals surface area contributed by atoms with Crippen molar-refractivity contribution in [1.29, 1.82) is 0 Å². The molecule has 25 heavy (non-hydrogen) atoms. The average Bonchev–Trinajstić information content (AvgIpc) is 3.23. The molecule has 0 radical (unpaired) electrons. The van der Waals surface area contributed by atoms with E-state index < -0.39 is 29.8 Å². The van der Waals surface area contributed by atoms with Crippen LogP contribution >= 0.6 is 0 Å². The van der Waals surface area contributed by atoms with E-state index in [1.165, 1.54) is 29.2 Å². The Morgan fingerprint density at radius 2 is 2.00 bits per heavy atom. The predicted octanol–water partition coefficient (Wildman–Crippen LogP) is 2.58. The second-order valence-electron chi connectivity index (χ2n) is 5.67. The van der Waals surface area contributed by atoms with E-state index in [1.54, 1.807) is 0 Å². The van der Waals surface area contributed by atoms with Gasteiger partial charge in [-0.15, -0.1) is 0 Å². The van der Waals surface area contributed by atoms with E-state index in [-0.39, 0.29) is 11.3 Å². The second kappa shape index (κ2) is 6.23. The van der Waals surface area contributed by atoms with Crippen molar-refractivity contribution < 1.29 is 27.9 Å². The third kappa shape index (κ3) is 3.21. The number of halogens is 3. The highest BCUT2D eigenvalue weighted by Gasteiger charge is 2.36. The van der Waals surface area contributed by atoms with Crippen LogP contribution in [-0.2, 0) is 11.0 Å². The first-order valence-electron chi connectivity index (χ1n) is 7.54. The lowest BCUT2D eigenvalue weighted by molar-refractivity contribution is -0.143. The average molecular weight is 353 g/mol. The predicted molar refractivity (Wildman–Crippen MR) is 80.3 cm³/mol. The van der Waals surface area contributed by atoms with Gasteiger partial charge in [-0.3, -0.25) is 4.79 Å². The quantitative estimate of drug-likeness (QED) is 0.920. The number of rotatable bonds is 3. The molecule has 1 atom stereocenters. The summed E-state index contributed by atoms with van der Waals surface area (Å²) in [5.74, 6) is -1.61. The zero-order chi connectivity index (χ0) is 18.2. The maximum atomic E-state index is 13.0. The highest BCUT2D eigenvalue weighted by Crippen LogP contribution is 2.31. The minimum Gasteiger partial charge on any atom is -0.480 e. The van der Waals surface area contributed by atoms with Gasteiger partial charge in [-0.25, -0.2) is 9.48 Å². The van der Waals surface area contributed by atoms with Crippen LogP contribution in [0.1, 0.15) is 28.9 Å². The van der Waals surface area contributed by atoms with Gasteiger partial charge in [-0.05, 0) is 37.1 Å². The molecule has 2 aromatic rings. The highest BCUT2D eigenvalue weighted by molar-refractivity contribution is 5.97. The number of nitrogens with zero attached hydrogens (tertiary/aromatic N) is 3. The van der Waals surface area contributed by atoms with Gasteiger partial charge in [0.2, 0.25) is 0 Å². The topological polar surface area (TPSA) is 75.4 Å². The molecular weight excluding hydrogens is 339 g/mol. The van der Waals surface area contributed by atoms with E-state index in [0.29, 0.717) is 24.1 Å². The van der Waals surface area contributed by atoms with Crippen molar-refractivity contribution in [3.05, 3.63) is 47.8 Å². The molecule has 1 fully saturated rings. The van der Waals surface area contributed by atoms with Crippen molar-refractivity contribution in [2.45, 2.75) is 25.1 Å². The number of carbonyl (C=O) groups excluding carboxylic acids is 1. The number of benzene rings is 1. The molecule has 1 N–H and O–H groups in total. The first-order chi connectivity index (χ1) is 11.8. The van der Waals surface area contributed by atoms with E-state index in [9.17, 15) is 27.9 Å². The molecule has 0 aliphatic carbocycles. The Bertz CT molecular complexity index is 816. The van der Waals surface area contributed by atoms with Gasteiger partial charge in [0.15, 0.2) is 0 Å². The Kier molecular flexibility index (Phi) is 4.23. The zero-order valence-electron chi connectivity index (χ0n) is 12.9. The van der Waals surface area contributed by atoms with E-state index >= 15 is 0 Å². The molecule has 1 aliphatic heterocycles. The molecule has 132 valence electrons. The number of carbonyl (C=O) groups is 2. The summed E-state index contributed by atoms with van der Waals surface area (Å²) in [7, 11) is 0. The van der Waals surface area contributed by atoms with Gasteiger partial charge in [0, 0.05) is 12.1 Å². The standard InChI is InChI=1S/C16H14F3N3O3/c17-16(18,19)13-6-7-20-22(13)11-4-1-3-10(9-11)14(23)21-8-2-5-12(21)15(24)25/h1,3-4,6-7,9,12H,2,5,8H2,(H,24,25)/t12-/m1/s1. The Labute approximate surface area is 140 Å². The number of alkyl halides is 3. The molecule has 6 nitrogen and oxygen atoms in total. The summed E-state index contributed by atoms with van der Waals surface area (Å²) in [5, 5.41) is 12.8. The molecule has 1 aromatic heterocycles. The molecular formula is C16H14F3N3O3.